The monoisotopic (exact) mass is 302 g/mol. The van der Waals surface area contributed by atoms with Crippen LogP contribution in [0, 0.1) is 0 Å². The zero-order valence-electron chi connectivity index (χ0n) is 11.9. The van der Waals surface area contributed by atoms with E-state index >= 15 is 0 Å². The molecule has 0 aromatic heterocycles. The molecule has 118 valence electrons. The summed E-state index contributed by atoms with van der Waals surface area (Å²) in [6.07, 6.45) is -3.62. The topological polar surface area (TPSA) is 24.5 Å². The lowest BCUT2D eigenvalue weighted by atomic mass is 10.0. The molecule has 1 aliphatic heterocycles. The number of nitrogens with one attached hydrogen (secondary N) is 1. The van der Waals surface area contributed by atoms with Crippen LogP contribution in [0.4, 0.5) is 13.2 Å². The minimum Gasteiger partial charge on any atom is -0.372 e. The average Bonchev–Trinajstić information content (AvgIpc) is 2.47. The minimum absolute atomic E-state index is 0.144. The second-order valence-corrected chi connectivity index (χ2v) is 5.19. The van der Waals surface area contributed by atoms with E-state index in [9.17, 15) is 13.2 Å². The summed E-state index contributed by atoms with van der Waals surface area (Å²) in [5, 5.41) is 3.36. The zero-order chi connectivity index (χ0) is 15.1. The molecule has 1 saturated heterocycles. The van der Waals surface area contributed by atoms with Gasteiger partial charge >= 0.3 is 6.18 Å². The molecule has 2 rings (SSSR count). The van der Waals surface area contributed by atoms with E-state index in [0.717, 1.165) is 26.2 Å². The lowest BCUT2D eigenvalue weighted by Gasteiger charge is -2.36. The molecule has 1 aliphatic rings. The normalized spacial score (nSPS) is 20.6. The van der Waals surface area contributed by atoms with Gasteiger partial charge < -0.3 is 10.1 Å². The van der Waals surface area contributed by atoms with Crippen molar-refractivity contribution < 1.29 is 17.9 Å². The van der Waals surface area contributed by atoms with Crippen molar-refractivity contribution in [3.8, 4) is 0 Å². The third-order valence-corrected chi connectivity index (χ3v) is 3.54. The van der Waals surface area contributed by atoms with Crippen LogP contribution in [0.2, 0.25) is 0 Å². The molecule has 1 aromatic carbocycles. The Bertz CT molecular complexity index is 411. The minimum atomic E-state index is -4.23. The Morgan fingerprint density at radius 3 is 2.71 bits per heavy atom. The van der Waals surface area contributed by atoms with Gasteiger partial charge in [0.2, 0.25) is 0 Å². The van der Waals surface area contributed by atoms with E-state index < -0.39 is 12.8 Å². The Morgan fingerprint density at radius 1 is 1.24 bits per heavy atom. The molecule has 1 aromatic rings. The molecule has 0 radical (unpaired) electrons. The number of piperazine rings is 1. The van der Waals surface area contributed by atoms with Crippen molar-refractivity contribution in [2.75, 3.05) is 39.4 Å². The van der Waals surface area contributed by atoms with Crippen LogP contribution in [0.25, 0.3) is 0 Å². The number of benzene rings is 1. The van der Waals surface area contributed by atoms with Crippen LogP contribution in [-0.4, -0.2) is 50.5 Å². The molecule has 0 amide bonds. The number of hydrogen-bond donors (Lipinski definition) is 1. The zero-order valence-corrected chi connectivity index (χ0v) is 11.9. The summed E-state index contributed by atoms with van der Waals surface area (Å²) in [7, 11) is 0. The molecule has 1 fully saturated rings. The summed E-state index contributed by atoms with van der Waals surface area (Å²) in [6, 6.07) is 10.5. The summed E-state index contributed by atoms with van der Waals surface area (Å²) in [6.45, 7) is 2.42. The Kier molecular flexibility index (Phi) is 6.02. The number of hydrogen-bond acceptors (Lipinski definition) is 3. The molecular formula is C15H21F3N2O. The third-order valence-electron chi connectivity index (χ3n) is 3.54. The average molecular weight is 302 g/mol. The highest BCUT2D eigenvalue weighted by molar-refractivity contribution is 5.20. The van der Waals surface area contributed by atoms with Gasteiger partial charge in [-0.05, 0) is 12.0 Å². The van der Waals surface area contributed by atoms with E-state index in [2.05, 4.69) is 27.1 Å². The summed E-state index contributed by atoms with van der Waals surface area (Å²) >= 11 is 0. The Hall–Kier alpha value is -1.11. The summed E-state index contributed by atoms with van der Waals surface area (Å²) in [5.41, 5.74) is 1.24. The second-order valence-electron chi connectivity index (χ2n) is 5.19. The molecule has 0 spiro atoms. The number of rotatable bonds is 6. The van der Waals surface area contributed by atoms with Gasteiger partial charge in [0.05, 0.1) is 0 Å². The Labute approximate surface area is 123 Å². The van der Waals surface area contributed by atoms with Gasteiger partial charge in [0, 0.05) is 38.8 Å². The van der Waals surface area contributed by atoms with Crippen molar-refractivity contribution in [3.05, 3.63) is 35.9 Å². The van der Waals surface area contributed by atoms with E-state index in [1.807, 2.05) is 18.2 Å². The van der Waals surface area contributed by atoms with Crippen LogP contribution >= 0.6 is 0 Å². The van der Waals surface area contributed by atoms with Gasteiger partial charge in [-0.15, -0.1) is 0 Å². The van der Waals surface area contributed by atoms with Crippen LogP contribution in [0.1, 0.15) is 18.0 Å². The third kappa shape index (κ3) is 5.65. The maximum Gasteiger partial charge on any atom is 0.411 e. The number of halogens is 3. The molecule has 0 bridgehead atoms. The molecular weight excluding hydrogens is 281 g/mol. The first-order chi connectivity index (χ1) is 10.1. The Balaban J connectivity index is 1.77. The van der Waals surface area contributed by atoms with Gasteiger partial charge in [0.25, 0.3) is 0 Å². The van der Waals surface area contributed by atoms with Crippen LogP contribution in [0.3, 0.4) is 0 Å². The summed E-state index contributed by atoms with van der Waals surface area (Å²) in [5.74, 6) is 0. The lowest BCUT2D eigenvalue weighted by molar-refractivity contribution is -0.174. The fourth-order valence-corrected chi connectivity index (χ4v) is 2.58. The number of alkyl halides is 3. The van der Waals surface area contributed by atoms with Gasteiger partial charge in [-0.2, -0.15) is 13.2 Å². The standard InChI is InChI=1S/C15H21F3N2O/c16-15(17,18)12-21-10-4-8-20-9-7-19-11-14(20)13-5-2-1-3-6-13/h1-3,5-6,14,19H,4,7-12H2. The van der Waals surface area contributed by atoms with Crippen molar-refractivity contribution in [1.29, 1.82) is 0 Å². The largest absolute Gasteiger partial charge is 0.411 e. The van der Waals surface area contributed by atoms with E-state index in [-0.39, 0.29) is 12.6 Å². The fraction of sp³-hybridized carbons (Fsp3) is 0.600. The maximum atomic E-state index is 12.0. The molecule has 1 N–H and O–H groups in total. The Morgan fingerprint density at radius 2 is 2.00 bits per heavy atom. The predicted molar refractivity (Wildman–Crippen MR) is 75.1 cm³/mol. The number of ether oxygens (including phenoxy) is 1. The van der Waals surface area contributed by atoms with E-state index in [1.165, 1.54) is 5.56 Å². The first-order valence-corrected chi connectivity index (χ1v) is 7.20. The van der Waals surface area contributed by atoms with Crippen molar-refractivity contribution in [3.63, 3.8) is 0 Å². The van der Waals surface area contributed by atoms with E-state index in [4.69, 9.17) is 0 Å². The maximum absolute atomic E-state index is 12.0. The van der Waals surface area contributed by atoms with E-state index in [1.54, 1.807) is 0 Å². The van der Waals surface area contributed by atoms with Gasteiger partial charge in [-0.1, -0.05) is 30.3 Å². The summed E-state index contributed by atoms with van der Waals surface area (Å²) in [4.78, 5) is 2.31. The number of nitrogens with zero attached hydrogens (tertiary/aromatic N) is 1. The van der Waals surface area contributed by atoms with Gasteiger partial charge in [0.1, 0.15) is 6.61 Å². The van der Waals surface area contributed by atoms with Crippen molar-refractivity contribution in [2.45, 2.75) is 18.6 Å². The molecule has 1 heterocycles. The van der Waals surface area contributed by atoms with Crippen LogP contribution in [-0.2, 0) is 4.74 Å². The highest BCUT2D eigenvalue weighted by Gasteiger charge is 2.27. The first kappa shape index (κ1) is 16.3. The van der Waals surface area contributed by atoms with Gasteiger partial charge in [0.15, 0.2) is 0 Å². The highest BCUT2D eigenvalue weighted by Crippen LogP contribution is 2.22. The van der Waals surface area contributed by atoms with Gasteiger partial charge in [-0.25, -0.2) is 0 Å². The molecule has 1 atom stereocenters. The highest BCUT2D eigenvalue weighted by atomic mass is 19.4. The lowest BCUT2D eigenvalue weighted by Crippen LogP contribution is -2.46. The quantitative estimate of drug-likeness (QED) is 0.818. The fourth-order valence-electron chi connectivity index (χ4n) is 2.58. The molecule has 0 aliphatic carbocycles. The molecule has 21 heavy (non-hydrogen) atoms. The smallest absolute Gasteiger partial charge is 0.372 e. The molecule has 6 heteroatoms. The van der Waals surface area contributed by atoms with E-state index in [0.29, 0.717) is 6.42 Å². The van der Waals surface area contributed by atoms with Crippen molar-refractivity contribution in [2.24, 2.45) is 0 Å². The molecule has 0 saturated carbocycles. The van der Waals surface area contributed by atoms with Crippen molar-refractivity contribution >= 4 is 0 Å². The SMILES string of the molecule is FC(F)(F)COCCCN1CCNCC1c1ccccc1. The summed E-state index contributed by atoms with van der Waals surface area (Å²) < 4.78 is 40.6. The molecule has 1 unspecified atom stereocenters. The second kappa shape index (κ2) is 7.77. The van der Waals surface area contributed by atoms with Crippen LogP contribution in [0.15, 0.2) is 30.3 Å². The van der Waals surface area contributed by atoms with Crippen LogP contribution < -0.4 is 5.32 Å². The molecule has 3 nitrogen and oxygen atoms in total. The first-order valence-electron chi connectivity index (χ1n) is 7.20. The van der Waals surface area contributed by atoms with Crippen LogP contribution in [0.5, 0.6) is 0 Å². The predicted octanol–water partition coefficient (Wildman–Crippen LogP) is 2.60. The van der Waals surface area contributed by atoms with Gasteiger partial charge in [-0.3, -0.25) is 4.90 Å². The van der Waals surface area contributed by atoms with Crippen molar-refractivity contribution in [1.82, 2.24) is 10.2 Å².